The maximum Gasteiger partial charge on any atom is 0.229 e. The molecule has 7 heteroatoms. The standard InChI is InChI=1S/C25H18Cl2N2O2S/c1-2-16-29-24(19-12-7-4-8-13-19)23(18-10-5-3-6-11-18)28-25(29)32(30,31)17-20-21(26)14-9-15-22(20)27/h1,3-15H,16-17H2. The predicted molar refractivity (Wildman–Crippen MR) is 129 cm³/mol. The lowest BCUT2D eigenvalue weighted by Gasteiger charge is -2.12. The first-order valence-corrected chi connectivity index (χ1v) is 12.1. The minimum Gasteiger partial charge on any atom is -0.302 e. The van der Waals surface area contributed by atoms with Crippen LogP contribution >= 0.6 is 23.2 Å². The smallest absolute Gasteiger partial charge is 0.229 e. The van der Waals surface area contributed by atoms with Crippen LogP contribution in [0.1, 0.15) is 5.56 Å². The highest BCUT2D eigenvalue weighted by atomic mass is 35.5. The molecule has 0 amide bonds. The molecule has 0 radical (unpaired) electrons. The minimum absolute atomic E-state index is 0.0366. The van der Waals surface area contributed by atoms with E-state index in [1.165, 1.54) is 0 Å². The monoisotopic (exact) mass is 480 g/mol. The van der Waals surface area contributed by atoms with Crippen LogP contribution in [-0.4, -0.2) is 18.0 Å². The quantitative estimate of drug-likeness (QED) is 0.311. The molecule has 4 rings (SSSR count). The zero-order chi connectivity index (χ0) is 22.7. The summed E-state index contributed by atoms with van der Waals surface area (Å²) in [6.45, 7) is 0.0366. The van der Waals surface area contributed by atoms with Crippen molar-refractivity contribution < 1.29 is 8.42 Å². The van der Waals surface area contributed by atoms with Crippen molar-refractivity contribution in [3.05, 3.63) is 94.5 Å². The molecule has 0 fully saturated rings. The van der Waals surface area contributed by atoms with Gasteiger partial charge in [-0.1, -0.05) is 95.9 Å². The molecule has 0 aliphatic carbocycles. The van der Waals surface area contributed by atoms with Crippen molar-refractivity contribution in [1.82, 2.24) is 9.55 Å². The third-order valence-electron chi connectivity index (χ3n) is 4.95. The van der Waals surface area contributed by atoms with Gasteiger partial charge in [-0.25, -0.2) is 13.4 Å². The Bertz CT molecular complexity index is 1390. The number of benzene rings is 3. The van der Waals surface area contributed by atoms with E-state index in [1.54, 1.807) is 22.8 Å². The SMILES string of the molecule is C#CCn1c(S(=O)(=O)Cc2c(Cl)cccc2Cl)nc(-c2ccccc2)c1-c1ccccc1. The van der Waals surface area contributed by atoms with Crippen LogP contribution in [-0.2, 0) is 22.1 Å². The Labute approximate surface area is 197 Å². The highest BCUT2D eigenvalue weighted by Gasteiger charge is 2.29. The van der Waals surface area contributed by atoms with Gasteiger partial charge in [0.15, 0.2) is 0 Å². The Morgan fingerprint density at radius 2 is 1.41 bits per heavy atom. The maximum atomic E-state index is 13.6. The van der Waals surface area contributed by atoms with Crippen LogP contribution in [0, 0.1) is 12.3 Å². The lowest BCUT2D eigenvalue weighted by molar-refractivity contribution is 0.575. The molecular weight excluding hydrogens is 463 g/mol. The zero-order valence-corrected chi connectivity index (χ0v) is 19.2. The van der Waals surface area contributed by atoms with E-state index in [0.29, 0.717) is 17.0 Å². The van der Waals surface area contributed by atoms with Gasteiger partial charge >= 0.3 is 0 Å². The molecule has 0 aliphatic heterocycles. The molecule has 3 aromatic carbocycles. The number of nitrogens with zero attached hydrogens (tertiary/aromatic N) is 2. The number of aromatic nitrogens is 2. The van der Waals surface area contributed by atoms with Crippen molar-refractivity contribution in [2.45, 2.75) is 17.5 Å². The average molecular weight is 481 g/mol. The summed E-state index contributed by atoms with van der Waals surface area (Å²) < 4.78 is 28.7. The summed E-state index contributed by atoms with van der Waals surface area (Å²) in [6.07, 6.45) is 5.63. The molecule has 160 valence electrons. The van der Waals surface area contributed by atoms with E-state index in [9.17, 15) is 8.42 Å². The van der Waals surface area contributed by atoms with Crippen LogP contribution in [0.15, 0.2) is 84.0 Å². The van der Waals surface area contributed by atoms with Gasteiger partial charge in [-0.05, 0) is 12.1 Å². The molecular formula is C25H18Cl2N2O2S. The lowest BCUT2D eigenvalue weighted by atomic mass is 10.0. The van der Waals surface area contributed by atoms with Gasteiger partial charge in [-0.2, -0.15) is 0 Å². The van der Waals surface area contributed by atoms with Gasteiger partial charge in [0, 0.05) is 26.7 Å². The summed E-state index contributed by atoms with van der Waals surface area (Å²) in [6, 6.07) is 23.8. The van der Waals surface area contributed by atoms with Crippen molar-refractivity contribution in [1.29, 1.82) is 0 Å². The van der Waals surface area contributed by atoms with Gasteiger partial charge in [-0.3, -0.25) is 0 Å². The summed E-state index contributed by atoms with van der Waals surface area (Å²) in [7, 11) is -3.94. The van der Waals surface area contributed by atoms with Crippen LogP contribution in [0.4, 0.5) is 0 Å². The molecule has 0 spiro atoms. The molecule has 0 saturated heterocycles. The van der Waals surface area contributed by atoms with Crippen molar-refractivity contribution in [2.75, 3.05) is 0 Å². The second kappa shape index (κ2) is 9.22. The first kappa shape index (κ1) is 22.2. The largest absolute Gasteiger partial charge is 0.302 e. The van der Waals surface area contributed by atoms with E-state index in [0.717, 1.165) is 11.1 Å². The van der Waals surface area contributed by atoms with Gasteiger partial charge < -0.3 is 4.57 Å². The highest BCUT2D eigenvalue weighted by molar-refractivity contribution is 7.90. The van der Waals surface area contributed by atoms with Crippen molar-refractivity contribution in [3.8, 4) is 34.9 Å². The van der Waals surface area contributed by atoms with Crippen LogP contribution in [0.2, 0.25) is 10.0 Å². The van der Waals surface area contributed by atoms with E-state index in [2.05, 4.69) is 10.9 Å². The topological polar surface area (TPSA) is 52.0 Å². The van der Waals surface area contributed by atoms with Gasteiger partial charge in [0.05, 0.1) is 23.7 Å². The van der Waals surface area contributed by atoms with E-state index < -0.39 is 15.6 Å². The average Bonchev–Trinajstić information content (AvgIpc) is 3.18. The van der Waals surface area contributed by atoms with Crippen molar-refractivity contribution in [2.24, 2.45) is 0 Å². The third-order valence-corrected chi connectivity index (χ3v) is 7.20. The Morgan fingerprint density at radius 1 is 0.844 bits per heavy atom. The number of rotatable bonds is 6. The van der Waals surface area contributed by atoms with Gasteiger partial charge in [0.25, 0.3) is 0 Å². The molecule has 4 aromatic rings. The molecule has 0 saturated carbocycles. The molecule has 4 nitrogen and oxygen atoms in total. The number of hydrogen-bond donors (Lipinski definition) is 0. The van der Waals surface area contributed by atoms with Gasteiger partial charge in [-0.15, -0.1) is 6.42 Å². The summed E-state index contributed by atoms with van der Waals surface area (Å²) in [4.78, 5) is 4.60. The minimum atomic E-state index is -3.94. The number of terminal acetylenes is 1. The second-order valence-corrected chi connectivity index (χ2v) is 9.77. The number of halogens is 2. The van der Waals surface area contributed by atoms with Gasteiger partial charge in [0.2, 0.25) is 15.0 Å². The normalized spacial score (nSPS) is 11.3. The van der Waals surface area contributed by atoms with E-state index in [4.69, 9.17) is 29.6 Å². The summed E-state index contributed by atoms with van der Waals surface area (Å²) in [5.74, 6) is 2.17. The highest BCUT2D eigenvalue weighted by Crippen LogP contribution is 2.36. The molecule has 0 aliphatic rings. The number of hydrogen-bond acceptors (Lipinski definition) is 3. The predicted octanol–water partition coefficient (Wildman–Crippen LogP) is 6.13. The Morgan fingerprint density at radius 3 is 1.97 bits per heavy atom. The first-order chi connectivity index (χ1) is 15.4. The Hall–Kier alpha value is -3.04. The van der Waals surface area contributed by atoms with Crippen LogP contribution < -0.4 is 0 Å². The lowest BCUT2D eigenvalue weighted by Crippen LogP contribution is -2.14. The molecule has 0 atom stereocenters. The Kier molecular flexibility index (Phi) is 6.38. The molecule has 0 N–H and O–H groups in total. The fourth-order valence-corrected chi connectivity index (χ4v) is 5.75. The number of imidazole rings is 1. The van der Waals surface area contributed by atoms with Crippen molar-refractivity contribution in [3.63, 3.8) is 0 Å². The van der Waals surface area contributed by atoms with Crippen molar-refractivity contribution >= 4 is 33.0 Å². The second-order valence-electron chi connectivity index (χ2n) is 7.07. The summed E-state index contributed by atoms with van der Waals surface area (Å²) >= 11 is 12.5. The van der Waals surface area contributed by atoms with Gasteiger partial charge in [0.1, 0.15) is 0 Å². The Balaban J connectivity index is 1.97. The fourth-order valence-electron chi connectivity index (χ4n) is 3.52. The molecule has 0 bridgehead atoms. The fraction of sp³-hybridized carbons (Fsp3) is 0.0800. The summed E-state index contributed by atoms with van der Waals surface area (Å²) in [5.41, 5.74) is 3.10. The molecule has 32 heavy (non-hydrogen) atoms. The molecule has 0 unspecified atom stereocenters. The molecule has 1 aromatic heterocycles. The third kappa shape index (κ3) is 4.31. The summed E-state index contributed by atoms with van der Waals surface area (Å²) in [5, 5.41) is 0.439. The van der Waals surface area contributed by atoms with E-state index in [-0.39, 0.29) is 21.7 Å². The van der Waals surface area contributed by atoms with Crippen LogP contribution in [0.25, 0.3) is 22.5 Å². The zero-order valence-electron chi connectivity index (χ0n) is 16.9. The molecule has 1 heterocycles. The van der Waals surface area contributed by atoms with E-state index in [1.807, 2.05) is 60.7 Å². The maximum absolute atomic E-state index is 13.6. The first-order valence-electron chi connectivity index (χ1n) is 9.73. The van der Waals surface area contributed by atoms with E-state index >= 15 is 0 Å². The number of sulfone groups is 1. The van der Waals surface area contributed by atoms with Crippen LogP contribution in [0.5, 0.6) is 0 Å². The van der Waals surface area contributed by atoms with Crippen LogP contribution in [0.3, 0.4) is 0 Å².